The second-order valence-electron chi connectivity index (χ2n) is 8.21. The molecule has 0 bridgehead atoms. The summed E-state index contributed by atoms with van der Waals surface area (Å²) in [6.07, 6.45) is -1.10. The summed E-state index contributed by atoms with van der Waals surface area (Å²) < 4.78 is 17.1. The van der Waals surface area contributed by atoms with Gasteiger partial charge in [-0.2, -0.15) is 0 Å². The maximum atomic E-state index is 12.3. The Hall–Kier alpha value is -2.16. The van der Waals surface area contributed by atoms with Crippen LogP contribution in [0.15, 0.2) is 48.5 Å². The summed E-state index contributed by atoms with van der Waals surface area (Å²) in [5, 5.41) is 17.5. The number of rotatable bonds is 9. The minimum absolute atomic E-state index is 0.0850. The topological polar surface area (TPSA) is 89.1 Å². The van der Waals surface area contributed by atoms with E-state index in [0.29, 0.717) is 31.1 Å². The average molecular weight is 461 g/mol. The van der Waals surface area contributed by atoms with Crippen LogP contribution in [0.2, 0.25) is 5.02 Å². The molecule has 8 heteroatoms. The van der Waals surface area contributed by atoms with Gasteiger partial charge >= 0.3 is 0 Å². The molecule has 32 heavy (non-hydrogen) atoms. The second-order valence-corrected chi connectivity index (χ2v) is 8.62. The summed E-state index contributed by atoms with van der Waals surface area (Å²) in [7, 11) is 1.62. The molecule has 2 aromatic rings. The third-order valence-electron chi connectivity index (χ3n) is 5.96. The zero-order valence-corrected chi connectivity index (χ0v) is 18.8. The highest BCUT2D eigenvalue weighted by Crippen LogP contribution is 2.35. The minimum atomic E-state index is -0.730. The lowest BCUT2D eigenvalue weighted by molar-refractivity contribution is -0.124. The quantitative estimate of drug-likeness (QED) is 0.532. The Labute approximate surface area is 193 Å². The highest BCUT2D eigenvalue weighted by atomic mass is 35.5. The van der Waals surface area contributed by atoms with Gasteiger partial charge in [0, 0.05) is 31.1 Å². The van der Waals surface area contributed by atoms with Crippen molar-refractivity contribution >= 4 is 17.5 Å². The number of methoxy groups -OCH3 is 1. The Morgan fingerprint density at radius 3 is 2.66 bits per heavy atom. The Morgan fingerprint density at radius 1 is 1.16 bits per heavy atom. The molecule has 7 nitrogen and oxygen atoms in total. The van der Waals surface area contributed by atoms with Gasteiger partial charge in [-0.1, -0.05) is 41.9 Å². The molecule has 0 spiro atoms. The van der Waals surface area contributed by atoms with Crippen molar-refractivity contribution in [1.82, 2.24) is 10.6 Å². The van der Waals surface area contributed by atoms with Crippen LogP contribution >= 0.6 is 11.6 Å². The van der Waals surface area contributed by atoms with Crippen LogP contribution < -0.4 is 15.4 Å². The number of hydrogen-bond acceptors (Lipinski definition) is 6. The molecule has 0 aromatic heterocycles. The molecular weight excluding hydrogens is 432 g/mol. The zero-order chi connectivity index (χ0) is 22.5. The molecule has 2 aliphatic rings. The number of ether oxygens (including phenoxy) is 3. The van der Waals surface area contributed by atoms with Gasteiger partial charge in [0.15, 0.2) is 0 Å². The van der Waals surface area contributed by atoms with Crippen molar-refractivity contribution < 1.29 is 24.1 Å². The summed E-state index contributed by atoms with van der Waals surface area (Å²) in [4.78, 5) is 12.3. The fourth-order valence-electron chi connectivity index (χ4n) is 4.22. The number of carbonyl (C=O) groups is 1. The average Bonchev–Trinajstić information content (AvgIpc) is 3.32. The van der Waals surface area contributed by atoms with Crippen LogP contribution in [0.25, 0.3) is 0 Å². The Bertz CT molecular complexity index is 910. The van der Waals surface area contributed by atoms with Crippen molar-refractivity contribution in [1.29, 1.82) is 0 Å². The monoisotopic (exact) mass is 460 g/mol. The van der Waals surface area contributed by atoms with Crippen molar-refractivity contribution in [3.05, 3.63) is 64.7 Å². The molecule has 2 aliphatic heterocycles. The molecular formula is C24H29ClN2O5. The van der Waals surface area contributed by atoms with E-state index in [1.54, 1.807) is 7.11 Å². The number of nitrogens with one attached hydrogen (secondary N) is 2. The predicted molar refractivity (Wildman–Crippen MR) is 121 cm³/mol. The summed E-state index contributed by atoms with van der Waals surface area (Å²) in [6, 6.07) is 15.2. The fraction of sp³-hybridized carbons (Fsp3) is 0.458. The van der Waals surface area contributed by atoms with Crippen molar-refractivity contribution in [2.75, 3.05) is 13.7 Å². The van der Waals surface area contributed by atoms with E-state index in [4.69, 9.17) is 25.8 Å². The van der Waals surface area contributed by atoms with E-state index >= 15 is 0 Å². The molecule has 2 saturated heterocycles. The lowest BCUT2D eigenvalue weighted by Gasteiger charge is -2.20. The van der Waals surface area contributed by atoms with Crippen LogP contribution in [-0.2, 0) is 27.4 Å². The molecule has 0 aliphatic carbocycles. The first-order valence-electron chi connectivity index (χ1n) is 10.9. The maximum absolute atomic E-state index is 12.3. The smallest absolute Gasteiger partial charge is 0.222 e. The van der Waals surface area contributed by atoms with Crippen LogP contribution in [0.5, 0.6) is 5.75 Å². The number of aliphatic hydroxyl groups is 1. The number of carbonyl (C=O) groups excluding carboxylic acids is 1. The van der Waals surface area contributed by atoms with Crippen LogP contribution in [0.1, 0.15) is 24.0 Å². The van der Waals surface area contributed by atoms with Gasteiger partial charge in [0.25, 0.3) is 0 Å². The normalized spacial score (nSPS) is 26.7. The van der Waals surface area contributed by atoms with Crippen molar-refractivity contribution in [3.8, 4) is 5.75 Å². The van der Waals surface area contributed by atoms with Gasteiger partial charge in [0.2, 0.25) is 5.91 Å². The third-order valence-corrected chi connectivity index (χ3v) is 6.33. The number of halogens is 1. The molecule has 0 radical (unpaired) electrons. The van der Waals surface area contributed by atoms with Gasteiger partial charge < -0.3 is 30.0 Å². The Balaban J connectivity index is 1.18. The van der Waals surface area contributed by atoms with E-state index in [0.717, 1.165) is 16.9 Å². The lowest BCUT2D eigenvalue weighted by atomic mass is 10.1. The minimum Gasteiger partial charge on any atom is -0.497 e. The van der Waals surface area contributed by atoms with Crippen molar-refractivity contribution in [2.45, 2.75) is 56.5 Å². The van der Waals surface area contributed by atoms with E-state index in [9.17, 15) is 9.90 Å². The van der Waals surface area contributed by atoms with Crippen molar-refractivity contribution in [2.24, 2.45) is 0 Å². The van der Waals surface area contributed by atoms with Gasteiger partial charge in [-0.05, 0) is 29.3 Å². The van der Waals surface area contributed by atoms with Crippen LogP contribution in [0.4, 0.5) is 0 Å². The van der Waals surface area contributed by atoms with E-state index < -0.39 is 12.2 Å². The third kappa shape index (κ3) is 5.60. The molecule has 0 unspecified atom stereocenters. The molecule has 2 heterocycles. The van der Waals surface area contributed by atoms with Gasteiger partial charge in [0.1, 0.15) is 18.0 Å². The largest absolute Gasteiger partial charge is 0.497 e. The van der Waals surface area contributed by atoms with E-state index in [-0.39, 0.29) is 30.6 Å². The molecule has 172 valence electrons. The predicted octanol–water partition coefficient (Wildman–Crippen LogP) is 2.43. The number of hydrogen-bond donors (Lipinski definition) is 3. The molecule has 1 amide bonds. The molecule has 4 rings (SSSR count). The first-order valence-corrected chi connectivity index (χ1v) is 11.2. The van der Waals surface area contributed by atoms with E-state index in [1.165, 1.54) is 0 Å². The molecule has 2 aromatic carbocycles. The van der Waals surface area contributed by atoms with Crippen LogP contribution in [0, 0.1) is 0 Å². The van der Waals surface area contributed by atoms with Gasteiger partial charge in [-0.25, -0.2) is 0 Å². The first kappa shape index (κ1) is 23.0. The highest BCUT2D eigenvalue weighted by Gasteiger charge is 2.50. The molecule has 0 saturated carbocycles. The first-order chi connectivity index (χ1) is 15.5. The number of fused-ring (bicyclic) bond motifs is 1. The van der Waals surface area contributed by atoms with Gasteiger partial charge in [-0.15, -0.1) is 0 Å². The fourth-order valence-corrected chi connectivity index (χ4v) is 4.43. The molecule has 3 N–H and O–H groups in total. The highest BCUT2D eigenvalue weighted by molar-refractivity contribution is 6.31. The standard InChI is InChI=1S/C24H29ClN2O5/c1-30-17-8-6-15(7-9-17)12-27-22(28)11-18-10-20-24(31-18)23(29)21(32-20)14-26-13-16-4-2-3-5-19(16)25/h2-9,18,20-21,23-24,26,29H,10-14H2,1H3,(H,27,28)/t18-,20+,21+,23+,24-/m0/s1. The summed E-state index contributed by atoms with van der Waals surface area (Å²) >= 11 is 6.17. The maximum Gasteiger partial charge on any atom is 0.222 e. The molecule has 2 fully saturated rings. The second kappa shape index (κ2) is 10.6. The van der Waals surface area contributed by atoms with E-state index in [1.807, 2.05) is 48.5 Å². The van der Waals surface area contributed by atoms with Crippen LogP contribution in [-0.4, -0.2) is 55.2 Å². The number of aliphatic hydroxyl groups excluding tert-OH is 1. The summed E-state index contributed by atoms with van der Waals surface area (Å²) in [5.41, 5.74) is 1.99. The van der Waals surface area contributed by atoms with Crippen LogP contribution in [0.3, 0.4) is 0 Å². The van der Waals surface area contributed by atoms with Crippen molar-refractivity contribution in [3.63, 3.8) is 0 Å². The zero-order valence-electron chi connectivity index (χ0n) is 18.0. The molecule has 5 atom stereocenters. The SMILES string of the molecule is COc1ccc(CNC(=O)C[C@@H]2C[C@H]3O[C@H](CNCc4ccccc4Cl)[C@@H](O)[C@H]3O2)cc1. The van der Waals surface area contributed by atoms with Gasteiger partial charge in [-0.3, -0.25) is 4.79 Å². The Morgan fingerprint density at radius 2 is 1.94 bits per heavy atom. The summed E-state index contributed by atoms with van der Waals surface area (Å²) in [6.45, 7) is 1.54. The number of amides is 1. The van der Waals surface area contributed by atoms with E-state index in [2.05, 4.69) is 10.6 Å². The van der Waals surface area contributed by atoms with Gasteiger partial charge in [0.05, 0.1) is 31.8 Å². The Kier molecular flexibility index (Phi) is 7.65. The number of benzene rings is 2. The lowest BCUT2D eigenvalue weighted by Crippen LogP contribution is -2.39. The summed E-state index contributed by atoms with van der Waals surface area (Å²) in [5.74, 6) is 0.695.